The van der Waals surface area contributed by atoms with Crippen LogP contribution in [0.4, 0.5) is 4.39 Å². The van der Waals surface area contributed by atoms with Gasteiger partial charge in [-0.2, -0.15) is 5.26 Å². The average molecular weight is 292 g/mol. The van der Waals surface area contributed by atoms with Gasteiger partial charge in [0, 0.05) is 0 Å². The van der Waals surface area contributed by atoms with Gasteiger partial charge in [-0.25, -0.2) is 9.07 Å². The molecule has 0 aliphatic heterocycles. The Kier molecular flexibility index (Phi) is 3.92. The summed E-state index contributed by atoms with van der Waals surface area (Å²) in [6, 6.07) is 18.1. The number of nitriles is 1. The van der Waals surface area contributed by atoms with E-state index in [-0.39, 0.29) is 11.5 Å². The Hall–Kier alpha value is -3.00. The third-order valence-electron chi connectivity index (χ3n) is 3.42. The highest BCUT2D eigenvalue weighted by Gasteiger charge is 2.14. The van der Waals surface area contributed by atoms with E-state index in [0.29, 0.717) is 17.8 Å². The van der Waals surface area contributed by atoms with Gasteiger partial charge in [-0.05, 0) is 36.6 Å². The highest BCUT2D eigenvalue weighted by atomic mass is 19.1. The SMILES string of the molecule is N#Cc1nnn(-c2cccc(F)c2)c1CCc1ccccc1. The summed E-state index contributed by atoms with van der Waals surface area (Å²) in [5.74, 6) is -0.347. The Labute approximate surface area is 127 Å². The molecule has 0 N–H and O–H groups in total. The first-order valence-electron chi connectivity index (χ1n) is 6.92. The van der Waals surface area contributed by atoms with Gasteiger partial charge >= 0.3 is 0 Å². The standard InChI is InChI=1S/C17H13FN4/c18-14-7-4-8-15(11-14)22-17(16(12-19)20-21-22)10-9-13-5-2-1-3-6-13/h1-8,11H,9-10H2. The summed E-state index contributed by atoms with van der Waals surface area (Å²) in [6.07, 6.45) is 1.37. The van der Waals surface area contributed by atoms with Gasteiger partial charge in [0.2, 0.25) is 0 Å². The van der Waals surface area contributed by atoms with Crippen molar-refractivity contribution in [2.24, 2.45) is 0 Å². The van der Waals surface area contributed by atoms with Crippen molar-refractivity contribution in [3.63, 3.8) is 0 Å². The topological polar surface area (TPSA) is 54.5 Å². The molecule has 108 valence electrons. The fourth-order valence-electron chi connectivity index (χ4n) is 2.34. The number of benzene rings is 2. The van der Waals surface area contributed by atoms with Crippen LogP contribution in [0.15, 0.2) is 54.6 Å². The molecule has 3 rings (SSSR count). The van der Waals surface area contributed by atoms with Crippen LogP contribution in [-0.4, -0.2) is 15.0 Å². The lowest BCUT2D eigenvalue weighted by molar-refractivity contribution is 0.623. The van der Waals surface area contributed by atoms with Gasteiger partial charge in [-0.15, -0.1) is 5.10 Å². The van der Waals surface area contributed by atoms with Gasteiger partial charge in [0.1, 0.15) is 11.9 Å². The second-order valence-electron chi connectivity index (χ2n) is 4.87. The Morgan fingerprint density at radius 1 is 1.05 bits per heavy atom. The van der Waals surface area contributed by atoms with Crippen LogP contribution in [0.1, 0.15) is 17.0 Å². The predicted octanol–water partition coefficient (Wildman–Crippen LogP) is 3.06. The molecule has 0 radical (unpaired) electrons. The van der Waals surface area contributed by atoms with Crippen molar-refractivity contribution in [2.45, 2.75) is 12.8 Å². The maximum absolute atomic E-state index is 13.4. The fourth-order valence-corrected chi connectivity index (χ4v) is 2.34. The largest absolute Gasteiger partial charge is 0.216 e. The van der Waals surface area contributed by atoms with Gasteiger partial charge in [0.05, 0.1) is 11.4 Å². The van der Waals surface area contributed by atoms with Gasteiger partial charge in [0.25, 0.3) is 0 Å². The molecule has 1 aromatic heterocycles. The summed E-state index contributed by atoms with van der Waals surface area (Å²) >= 11 is 0. The molecule has 0 fully saturated rings. The van der Waals surface area contributed by atoms with Gasteiger partial charge in [0.15, 0.2) is 5.69 Å². The minimum absolute atomic E-state index is 0.278. The maximum Gasteiger partial charge on any atom is 0.186 e. The van der Waals surface area contributed by atoms with E-state index >= 15 is 0 Å². The van der Waals surface area contributed by atoms with E-state index in [2.05, 4.69) is 10.3 Å². The minimum Gasteiger partial charge on any atom is -0.216 e. The lowest BCUT2D eigenvalue weighted by Crippen LogP contribution is -2.05. The van der Waals surface area contributed by atoms with Crippen molar-refractivity contribution in [2.75, 3.05) is 0 Å². The number of hydrogen-bond acceptors (Lipinski definition) is 3. The first-order chi connectivity index (χ1) is 10.8. The summed E-state index contributed by atoms with van der Waals surface area (Å²) in [5, 5.41) is 17.1. The van der Waals surface area contributed by atoms with Crippen LogP contribution in [-0.2, 0) is 12.8 Å². The van der Waals surface area contributed by atoms with E-state index in [9.17, 15) is 9.65 Å². The van der Waals surface area contributed by atoms with Crippen LogP contribution in [0.3, 0.4) is 0 Å². The van der Waals surface area contributed by atoms with Gasteiger partial charge in [-0.1, -0.05) is 41.6 Å². The Morgan fingerprint density at radius 3 is 2.59 bits per heavy atom. The van der Waals surface area contributed by atoms with E-state index < -0.39 is 0 Å². The molecule has 0 amide bonds. The molecular weight excluding hydrogens is 279 g/mol. The Balaban J connectivity index is 1.93. The first-order valence-corrected chi connectivity index (χ1v) is 6.92. The average Bonchev–Trinajstić information content (AvgIpc) is 2.97. The normalized spacial score (nSPS) is 10.4. The lowest BCUT2D eigenvalue weighted by atomic mass is 10.1. The molecule has 0 unspecified atom stereocenters. The van der Waals surface area contributed by atoms with Crippen LogP contribution in [0.2, 0.25) is 0 Å². The molecular formula is C17H13FN4. The number of aromatic nitrogens is 3. The molecule has 0 aliphatic carbocycles. The van der Waals surface area contributed by atoms with E-state index in [1.807, 2.05) is 36.4 Å². The quantitative estimate of drug-likeness (QED) is 0.742. The Morgan fingerprint density at radius 2 is 1.86 bits per heavy atom. The van der Waals surface area contributed by atoms with Gasteiger partial charge < -0.3 is 0 Å². The van der Waals surface area contributed by atoms with Crippen LogP contribution in [0.25, 0.3) is 5.69 Å². The van der Waals surface area contributed by atoms with Crippen molar-refractivity contribution in [3.05, 3.63) is 77.4 Å². The number of aryl methyl sites for hydroxylation is 1. The first kappa shape index (κ1) is 14.0. The zero-order valence-corrected chi connectivity index (χ0v) is 11.8. The van der Waals surface area contributed by atoms with Crippen molar-refractivity contribution in [3.8, 4) is 11.8 Å². The van der Waals surface area contributed by atoms with Crippen LogP contribution >= 0.6 is 0 Å². The van der Waals surface area contributed by atoms with Crippen molar-refractivity contribution in [1.29, 1.82) is 5.26 Å². The van der Waals surface area contributed by atoms with E-state index in [4.69, 9.17) is 0 Å². The molecule has 5 heteroatoms. The second-order valence-corrected chi connectivity index (χ2v) is 4.87. The number of halogens is 1. The van der Waals surface area contributed by atoms with Crippen molar-refractivity contribution in [1.82, 2.24) is 15.0 Å². The third-order valence-corrected chi connectivity index (χ3v) is 3.42. The zero-order chi connectivity index (χ0) is 15.4. The lowest BCUT2D eigenvalue weighted by Gasteiger charge is -2.07. The molecule has 1 heterocycles. The van der Waals surface area contributed by atoms with E-state index in [1.54, 1.807) is 12.1 Å². The van der Waals surface area contributed by atoms with Crippen molar-refractivity contribution >= 4 is 0 Å². The molecule has 0 saturated heterocycles. The third kappa shape index (κ3) is 2.86. The molecule has 0 bridgehead atoms. The minimum atomic E-state index is -0.347. The summed E-state index contributed by atoms with van der Waals surface area (Å²) in [7, 11) is 0. The molecule has 22 heavy (non-hydrogen) atoms. The summed E-state index contributed by atoms with van der Waals surface area (Å²) < 4.78 is 14.9. The number of rotatable bonds is 4. The summed E-state index contributed by atoms with van der Waals surface area (Å²) in [4.78, 5) is 0. The van der Waals surface area contributed by atoms with Crippen LogP contribution in [0.5, 0.6) is 0 Å². The summed E-state index contributed by atoms with van der Waals surface area (Å²) in [5.41, 5.74) is 2.70. The van der Waals surface area contributed by atoms with E-state index in [1.165, 1.54) is 22.4 Å². The predicted molar refractivity (Wildman–Crippen MR) is 79.9 cm³/mol. The number of nitrogens with zero attached hydrogens (tertiary/aromatic N) is 4. The van der Waals surface area contributed by atoms with Crippen LogP contribution in [0, 0.1) is 17.1 Å². The molecule has 4 nitrogen and oxygen atoms in total. The van der Waals surface area contributed by atoms with E-state index in [0.717, 1.165) is 6.42 Å². The van der Waals surface area contributed by atoms with Crippen molar-refractivity contribution < 1.29 is 4.39 Å². The van der Waals surface area contributed by atoms with Crippen LogP contribution < -0.4 is 0 Å². The highest BCUT2D eigenvalue weighted by Crippen LogP contribution is 2.16. The zero-order valence-electron chi connectivity index (χ0n) is 11.8. The molecule has 3 aromatic rings. The van der Waals surface area contributed by atoms with Gasteiger partial charge in [-0.3, -0.25) is 0 Å². The smallest absolute Gasteiger partial charge is 0.186 e. The maximum atomic E-state index is 13.4. The molecule has 0 saturated carbocycles. The second kappa shape index (κ2) is 6.19. The molecule has 0 spiro atoms. The molecule has 2 aromatic carbocycles. The fraction of sp³-hybridized carbons (Fsp3) is 0.118. The Bertz CT molecular complexity index is 818. The number of hydrogen-bond donors (Lipinski definition) is 0. The highest BCUT2D eigenvalue weighted by molar-refractivity contribution is 5.37. The summed E-state index contributed by atoms with van der Waals surface area (Å²) in [6.45, 7) is 0. The monoisotopic (exact) mass is 292 g/mol. The molecule has 0 aliphatic rings. The molecule has 0 atom stereocenters.